The van der Waals surface area contributed by atoms with E-state index in [2.05, 4.69) is 0 Å². The maximum atomic E-state index is 9.36. The van der Waals surface area contributed by atoms with Crippen molar-refractivity contribution in [3.05, 3.63) is 0 Å². The fourth-order valence-corrected chi connectivity index (χ4v) is 1.06. The van der Waals surface area contributed by atoms with E-state index in [1.54, 1.807) is 0 Å². The van der Waals surface area contributed by atoms with Crippen molar-refractivity contribution < 1.29 is 10.2 Å². The zero-order valence-corrected chi connectivity index (χ0v) is 7.45. The molecule has 0 fully saturated rings. The number of aliphatic hydroxyl groups is 2. The maximum absolute atomic E-state index is 9.36. The Labute approximate surface area is 73.6 Å². The molecular weight excluding hydrogens is 156 g/mol. The van der Waals surface area contributed by atoms with Gasteiger partial charge in [-0.25, -0.2) is 0 Å². The van der Waals surface area contributed by atoms with Gasteiger partial charge in [0.1, 0.15) is 0 Å². The molecule has 74 valence electrons. The van der Waals surface area contributed by atoms with E-state index in [9.17, 15) is 5.11 Å². The summed E-state index contributed by atoms with van der Waals surface area (Å²) in [5.41, 5.74) is 10.8. The highest BCUT2D eigenvalue weighted by Gasteiger charge is 2.08. The topological polar surface area (TPSA) is 92.5 Å². The summed E-state index contributed by atoms with van der Waals surface area (Å²) in [6.45, 7) is 0.604. The molecule has 0 aromatic carbocycles. The molecule has 6 N–H and O–H groups in total. The monoisotopic (exact) mass is 176 g/mol. The van der Waals surface area contributed by atoms with Gasteiger partial charge >= 0.3 is 0 Å². The zero-order chi connectivity index (χ0) is 9.40. The van der Waals surface area contributed by atoms with Gasteiger partial charge in [-0.1, -0.05) is 0 Å². The second-order valence-corrected chi connectivity index (χ2v) is 3.10. The summed E-state index contributed by atoms with van der Waals surface area (Å²) in [6.07, 6.45) is 2.48. The van der Waals surface area contributed by atoms with Gasteiger partial charge in [0, 0.05) is 19.2 Å². The van der Waals surface area contributed by atoms with Crippen molar-refractivity contribution in [3.8, 4) is 0 Å². The molecule has 0 rings (SSSR count). The van der Waals surface area contributed by atoms with Crippen LogP contribution in [-0.4, -0.2) is 35.5 Å². The third kappa shape index (κ3) is 6.54. The maximum Gasteiger partial charge on any atom is 0.0555 e. The van der Waals surface area contributed by atoms with E-state index >= 15 is 0 Å². The second-order valence-electron chi connectivity index (χ2n) is 3.10. The minimum Gasteiger partial charge on any atom is -0.396 e. The van der Waals surface area contributed by atoms with Crippen molar-refractivity contribution in [1.29, 1.82) is 0 Å². The fourth-order valence-electron chi connectivity index (χ4n) is 1.06. The smallest absolute Gasteiger partial charge is 0.0555 e. The van der Waals surface area contributed by atoms with E-state index in [0.717, 1.165) is 12.8 Å². The Balaban J connectivity index is 3.26. The third-order valence-corrected chi connectivity index (χ3v) is 1.82. The average Bonchev–Trinajstić information content (AvgIpc) is 2.05. The van der Waals surface area contributed by atoms with E-state index in [1.807, 2.05) is 0 Å². The standard InChI is InChI=1S/C8H20N2O2/c9-6-7(10)5-8(12)3-1-2-4-11/h7-8,11-12H,1-6,9-10H2. The molecule has 0 aliphatic rings. The largest absolute Gasteiger partial charge is 0.396 e. The minimum atomic E-state index is -0.366. The van der Waals surface area contributed by atoms with Crippen LogP contribution in [0.3, 0.4) is 0 Å². The molecule has 2 atom stereocenters. The molecule has 0 aliphatic carbocycles. The van der Waals surface area contributed by atoms with Crippen molar-refractivity contribution in [2.24, 2.45) is 11.5 Å². The van der Waals surface area contributed by atoms with Gasteiger partial charge in [0.05, 0.1) is 6.10 Å². The van der Waals surface area contributed by atoms with Crippen LogP contribution in [0.2, 0.25) is 0 Å². The van der Waals surface area contributed by atoms with E-state index < -0.39 is 0 Å². The highest BCUT2D eigenvalue weighted by molar-refractivity contribution is 4.67. The summed E-state index contributed by atoms with van der Waals surface area (Å²) in [4.78, 5) is 0. The molecule has 0 aromatic heterocycles. The van der Waals surface area contributed by atoms with Gasteiger partial charge in [-0.05, 0) is 25.7 Å². The van der Waals surface area contributed by atoms with Crippen molar-refractivity contribution in [2.45, 2.75) is 37.8 Å². The average molecular weight is 176 g/mol. The zero-order valence-electron chi connectivity index (χ0n) is 7.45. The van der Waals surface area contributed by atoms with Crippen molar-refractivity contribution in [3.63, 3.8) is 0 Å². The summed E-state index contributed by atoms with van der Waals surface area (Å²) in [5, 5.41) is 17.8. The molecule has 0 spiro atoms. The van der Waals surface area contributed by atoms with Gasteiger partial charge in [-0.3, -0.25) is 0 Å². The Morgan fingerprint density at radius 3 is 2.42 bits per heavy atom. The van der Waals surface area contributed by atoms with Crippen molar-refractivity contribution >= 4 is 0 Å². The van der Waals surface area contributed by atoms with Crippen molar-refractivity contribution in [2.75, 3.05) is 13.2 Å². The molecule has 0 aromatic rings. The van der Waals surface area contributed by atoms with Gasteiger partial charge in [0.2, 0.25) is 0 Å². The SMILES string of the molecule is NCC(N)CC(O)CCCCO. The van der Waals surface area contributed by atoms with Gasteiger partial charge in [0.25, 0.3) is 0 Å². The number of hydrogen-bond acceptors (Lipinski definition) is 4. The van der Waals surface area contributed by atoms with Crippen LogP contribution in [0.4, 0.5) is 0 Å². The lowest BCUT2D eigenvalue weighted by Gasteiger charge is -2.14. The normalized spacial score (nSPS) is 16.0. The van der Waals surface area contributed by atoms with Crippen LogP contribution in [-0.2, 0) is 0 Å². The fraction of sp³-hybridized carbons (Fsp3) is 1.00. The molecular formula is C8H20N2O2. The summed E-state index contributed by atoms with van der Waals surface area (Å²) >= 11 is 0. The van der Waals surface area contributed by atoms with Crippen LogP contribution in [0.5, 0.6) is 0 Å². The summed E-state index contributed by atoms with van der Waals surface area (Å²) in [7, 11) is 0. The van der Waals surface area contributed by atoms with Crippen LogP contribution < -0.4 is 11.5 Å². The Hall–Kier alpha value is -0.160. The van der Waals surface area contributed by atoms with Gasteiger partial charge in [-0.2, -0.15) is 0 Å². The predicted molar refractivity (Wildman–Crippen MR) is 48.6 cm³/mol. The molecule has 0 amide bonds. The molecule has 0 bridgehead atoms. The molecule has 0 heterocycles. The first-order valence-corrected chi connectivity index (χ1v) is 4.45. The highest BCUT2D eigenvalue weighted by atomic mass is 16.3. The molecule has 0 saturated heterocycles. The Morgan fingerprint density at radius 2 is 1.92 bits per heavy atom. The Morgan fingerprint density at radius 1 is 1.25 bits per heavy atom. The Bertz CT molecular complexity index is 101. The third-order valence-electron chi connectivity index (χ3n) is 1.82. The van der Waals surface area contributed by atoms with E-state index in [-0.39, 0.29) is 18.8 Å². The molecule has 4 heteroatoms. The molecule has 0 saturated carbocycles. The first-order valence-electron chi connectivity index (χ1n) is 4.45. The minimum absolute atomic E-state index is 0.103. The van der Waals surface area contributed by atoms with E-state index in [1.165, 1.54) is 0 Å². The lowest BCUT2D eigenvalue weighted by molar-refractivity contribution is 0.140. The summed E-state index contributed by atoms with van der Waals surface area (Å²) in [6, 6.07) is -0.103. The lowest BCUT2D eigenvalue weighted by atomic mass is 10.1. The summed E-state index contributed by atoms with van der Waals surface area (Å²) < 4.78 is 0. The van der Waals surface area contributed by atoms with Crippen LogP contribution >= 0.6 is 0 Å². The number of unbranched alkanes of at least 4 members (excludes halogenated alkanes) is 1. The van der Waals surface area contributed by atoms with Crippen LogP contribution in [0.25, 0.3) is 0 Å². The number of nitrogens with two attached hydrogens (primary N) is 2. The van der Waals surface area contributed by atoms with E-state index in [0.29, 0.717) is 19.4 Å². The number of aliphatic hydroxyl groups excluding tert-OH is 2. The number of hydrogen-bond donors (Lipinski definition) is 4. The first-order chi connectivity index (χ1) is 5.70. The van der Waals surface area contributed by atoms with E-state index in [4.69, 9.17) is 16.6 Å². The van der Waals surface area contributed by atoms with Crippen LogP contribution in [0.1, 0.15) is 25.7 Å². The van der Waals surface area contributed by atoms with Crippen molar-refractivity contribution in [1.82, 2.24) is 0 Å². The van der Waals surface area contributed by atoms with Crippen LogP contribution in [0.15, 0.2) is 0 Å². The lowest BCUT2D eigenvalue weighted by Crippen LogP contribution is -2.33. The van der Waals surface area contributed by atoms with Gasteiger partial charge in [0.15, 0.2) is 0 Å². The molecule has 12 heavy (non-hydrogen) atoms. The first kappa shape index (κ1) is 11.8. The Kier molecular flexibility index (Phi) is 7.39. The molecule has 0 radical (unpaired) electrons. The second kappa shape index (κ2) is 7.49. The molecule has 2 unspecified atom stereocenters. The quantitative estimate of drug-likeness (QED) is 0.382. The van der Waals surface area contributed by atoms with Crippen LogP contribution in [0, 0.1) is 0 Å². The predicted octanol–water partition coefficient (Wildman–Crippen LogP) is -0.814. The van der Waals surface area contributed by atoms with Gasteiger partial charge in [-0.15, -0.1) is 0 Å². The van der Waals surface area contributed by atoms with Gasteiger partial charge < -0.3 is 21.7 Å². The number of rotatable bonds is 7. The highest BCUT2D eigenvalue weighted by Crippen LogP contribution is 2.05. The molecule has 0 aliphatic heterocycles. The summed E-state index contributed by atoms with van der Waals surface area (Å²) in [5.74, 6) is 0. The molecule has 4 nitrogen and oxygen atoms in total.